The summed E-state index contributed by atoms with van der Waals surface area (Å²) >= 11 is 0. The Labute approximate surface area is 462 Å². The van der Waals surface area contributed by atoms with Crippen molar-refractivity contribution in [3.8, 4) is 11.5 Å². The molecule has 0 aromatic heterocycles. The first kappa shape index (κ1) is 62.6. The number of phenols is 1. The van der Waals surface area contributed by atoms with Crippen LogP contribution in [0.3, 0.4) is 0 Å². The molecule has 3 aromatic rings. The number of nitrogens with two attached hydrogens (primary N) is 2. The monoisotopic (exact) mass is 1120 g/mol. The molecule has 440 valence electrons. The van der Waals surface area contributed by atoms with Crippen LogP contribution in [-0.4, -0.2) is 210 Å². The molecule has 3 aliphatic rings. The second-order valence-electron chi connectivity index (χ2n) is 20.6. The number of unbranched alkanes of at least 4 members (excludes halogenated alkanes) is 4. The van der Waals surface area contributed by atoms with Crippen LogP contribution < -0.4 is 48.1 Å². The lowest BCUT2D eigenvalue weighted by atomic mass is 9.96. The summed E-state index contributed by atoms with van der Waals surface area (Å²) in [5.41, 5.74) is 11.6. The van der Waals surface area contributed by atoms with Gasteiger partial charge in [-0.25, -0.2) is 0 Å². The number of aliphatic hydroxyl groups is 7. The zero-order valence-electron chi connectivity index (χ0n) is 44.9. The lowest BCUT2D eigenvalue weighted by Gasteiger charge is -2.35. The third-order valence-corrected chi connectivity index (χ3v) is 14.6. The highest BCUT2D eigenvalue weighted by Gasteiger charge is 2.49. The van der Waals surface area contributed by atoms with E-state index in [1.807, 2.05) is 6.07 Å². The van der Waals surface area contributed by atoms with Crippen molar-refractivity contribution in [1.29, 1.82) is 0 Å². The average Bonchev–Trinajstić information content (AvgIpc) is 4.03. The molecule has 26 heteroatoms. The molecule has 14 unspecified atom stereocenters. The molecular formula is C54H78N10O16. The summed E-state index contributed by atoms with van der Waals surface area (Å²) < 4.78 is 5.96. The van der Waals surface area contributed by atoms with Gasteiger partial charge in [0.2, 0.25) is 35.4 Å². The summed E-state index contributed by atoms with van der Waals surface area (Å²) in [6, 6.07) is 3.31. The van der Waals surface area contributed by atoms with Gasteiger partial charge in [-0.05, 0) is 85.5 Å². The highest BCUT2D eigenvalue weighted by atomic mass is 16.5. The van der Waals surface area contributed by atoms with E-state index in [0.717, 1.165) is 66.3 Å². The molecule has 0 aliphatic carbocycles. The van der Waals surface area contributed by atoms with Gasteiger partial charge in [-0.3, -0.25) is 38.9 Å². The van der Waals surface area contributed by atoms with Gasteiger partial charge in [0.1, 0.15) is 66.1 Å². The van der Waals surface area contributed by atoms with Crippen molar-refractivity contribution in [3.05, 3.63) is 71.8 Å². The summed E-state index contributed by atoms with van der Waals surface area (Å²) in [7, 11) is 0. The number of hydrogen-bond acceptors (Lipinski definition) is 19. The fourth-order valence-electron chi connectivity index (χ4n) is 10.1. The molecule has 3 heterocycles. The van der Waals surface area contributed by atoms with Gasteiger partial charge in [0, 0.05) is 44.6 Å². The van der Waals surface area contributed by atoms with E-state index < -0.39 is 146 Å². The summed E-state index contributed by atoms with van der Waals surface area (Å²) in [5, 5.41) is 106. The van der Waals surface area contributed by atoms with Crippen LogP contribution in [-0.2, 0) is 28.8 Å². The first-order chi connectivity index (χ1) is 38.2. The molecule has 14 atom stereocenters. The van der Waals surface area contributed by atoms with Gasteiger partial charge in [0.05, 0.1) is 37.1 Å². The number of benzene rings is 3. The van der Waals surface area contributed by atoms with Gasteiger partial charge in [0.15, 0.2) is 0 Å². The molecule has 0 bridgehead atoms. The van der Waals surface area contributed by atoms with Gasteiger partial charge < -0.3 is 93.4 Å². The van der Waals surface area contributed by atoms with Crippen LogP contribution in [0.5, 0.6) is 11.5 Å². The minimum atomic E-state index is -2.30. The topological polar surface area (TPSA) is 421 Å². The number of ether oxygens (including phenoxy) is 1. The Balaban J connectivity index is 1.39. The van der Waals surface area contributed by atoms with Crippen LogP contribution in [0.1, 0.15) is 93.7 Å². The van der Waals surface area contributed by atoms with E-state index in [0.29, 0.717) is 17.7 Å². The number of nitrogens with zero attached hydrogens (tertiary/aromatic N) is 2. The Kier molecular flexibility index (Phi) is 22.9. The largest absolute Gasteiger partial charge is 0.508 e. The van der Waals surface area contributed by atoms with E-state index in [2.05, 4.69) is 38.8 Å². The second-order valence-corrected chi connectivity index (χ2v) is 20.6. The molecule has 3 fully saturated rings. The number of aliphatic hydroxyl groups excluding tert-OH is 7. The highest BCUT2D eigenvalue weighted by molar-refractivity contribution is 6.02. The number of fused-ring (bicyclic) bond motifs is 3. The number of carbonyl (C=O) groups excluding carboxylic acids is 7. The number of rotatable bonds is 19. The van der Waals surface area contributed by atoms with Crippen LogP contribution in [0.15, 0.2) is 60.7 Å². The van der Waals surface area contributed by atoms with Crippen LogP contribution in [0.2, 0.25) is 0 Å². The van der Waals surface area contributed by atoms with E-state index >= 15 is 0 Å². The summed E-state index contributed by atoms with van der Waals surface area (Å²) in [6.07, 6.45) is -10.7. The molecule has 0 radical (unpaired) electrons. The molecule has 80 heavy (non-hydrogen) atoms. The average molecular weight is 1120 g/mol. The predicted octanol–water partition coefficient (Wildman–Crippen LogP) is -3.69. The number of nitrogens with one attached hydrogen (secondary N) is 6. The predicted molar refractivity (Wildman–Crippen MR) is 288 cm³/mol. The van der Waals surface area contributed by atoms with E-state index in [4.69, 9.17) is 16.2 Å². The smallest absolute Gasteiger partial charge is 0.251 e. The number of phenolic OH excluding ortho intramolecular Hbond substituents is 1. The van der Waals surface area contributed by atoms with Crippen molar-refractivity contribution < 1.29 is 79.2 Å². The zero-order valence-corrected chi connectivity index (χ0v) is 44.9. The van der Waals surface area contributed by atoms with Crippen molar-refractivity contribution in [2.75, 3.05) is 39.3 Å². The maximum Gasteiger partial charge on any atom is 0.251 e. The molecule has 3 aromatic carbocycles. The van der Waals surface area contributed by atoms with Crippen LogP contribution >= 0.6 is 0 Å². The molecule has 26 nitrogen and oxygen atoms in total. The van der Waals surface area contributed by atoms with Crippen LogP contribution in [0.25, 0.3) is 10.8 Å². The molecule has 3 aliphatic heterocycles. The van der Waals surface area contributed by atoms with E-state index in [1.165, 1.54) is 18.2 Å². The van der Waals surface area contributed by atoms with Gasteiger partial charge in [-0.1, -0.05) is 56.9 Å². The SMILES string of the molecule is CCCCCCCOc1ccc2cc(C(=O)NC3CC(O)C(NCCN)NC(=O)C4C(O)CCN4C(=O)C(C(O)CCN)NC(=O)C(C(O)C(O)c4ccc(O)cc4)NC(=O)C4CC(O)CN4C(=O)C(C(C)O)NC3=O)ccc2c1. The van der Waals surface area contributed by atoms with Crippen molar-refractivity contribution >= 4 is 52.1 Å². The Morgan fingerprint density at radius 1 is 0.738 bits per heavy atom. The molecular weight excluding hydrogens is 1040 g/mol. The molecule has 6 rings (SSSR count). The maximum absolute atomic E-state index is 14.6. The first-order valence-corrected chi connectivity index (χ1v) is 27.2. The van der Waals surface area contributed by atoms with Crippen molar-refractivity contribution in [2.24, 2.45) is 11.5 Å². The quantitative estimate of drug-likeness (QED) is 0.0514. The maximum atomic E-state index is 14.6. The fraction of sp³-hybridized carbons (Fsp3) is 0.574. The summed E-state index contributed by atoms with van der Waals surface area (Å²) in [4.78, 5) is 103. The van der Waals surface area contributed by atoms with Crippen LogP contribution in [0, 0.1) is 0 Å². The van der Waals surface area contributed by atoms with E-state index in [1.54, 1.807) is 24.3 Å². The summed E-state index contributed by atoms with van der Waals surface area (Å²) in [6.45, 7) is 2.51. The highest BCUT2D eigenvalue weighted by Crippen LogP contribution is 2.27. The van der Waals surface area contributed by atoms with Crippen molar-refractivity contribution in [3.63, 3.8) is 0 Å². The standard InChI is InChI=1S/C54H78N10O16/c1-3-4-5-6-7-22-80-35-15-12-30-23-32(9-8-31(30)24-35)48(73)58-36-26-40(70)47(57-20-19-56)62-52(77)44-39(69)17-21-63(44)54(79)42(38(68)16-18-55)60-51(76)43(46(72)45(71)29-10-13-33(66)14-11-29)61-50(75)37-25-34(67)27-64(37)53(78)41(28(2)65)59-49(36)74/h8-15,23-24,28,34,36-47,57,65-72H,3-7,16-22,25-27,55-56H2,1-2H3,(H,58,73)(H,59,74)(H,60,76)(H,61,75)(H,62,77). The lowest BCUT2D eigenvalue weighted by Crippen LogP contribution is -2.65. The Hall–Kier alpha value is -6.59. The molecule has 3 saturated heterocycles. The molecule has 18 N–H and O–H groups in total. The third-order valence-electron chi connectivity index (χ3n) is 14.6. The van der Waals surface area contributed by atoms with Crippen molar-refractivity contribution in [2.45, 2.75) is 157 Å². The van der Waals surface area contributed by atoms with Gasteiger partial charge in [-0.15, -0.1) is 0 Å². The number of carbonyl (C=O) groups is 7. The molecule has 7 amide bonds. The van der Waals surface area contributed by atoms with Crippen LogP contribution in [0.4, 0.5) is 0 Å². The summed E-state index contributed by atoms with van der Waals surface area (Å²) in [5.74, 6) is -7.59. The lowest BCUT2D eigenvalue weighted by molar-refractivity contribution is -0.148. The Bertz CT molecular complexity index is 2610. The fourth-order valence-corrected chi connectivity index (χ4v) is 10.1. The minimum Gasteiger partial charge on any atom is -0.508 e. The molecule has 0 saturated carbocycles. The first-order valence-electron chi connectivity index (χ1n) is 27.2. The Morgan fingerprint density at radius 2 is 1.40 bits per heavy atom. The van der Waals surface area contributed by atoms with E-state index in [9.17, 15) is 74.4 Å². The number of hydrogen-bond donors (Lipinski definition) is 16. The van der Waals surface area contributed by atoms with Gasteiger partial charge >= 0.3 is 0 Å². The van der Waals surface area contributed by atoms with E-state index in [-0.39, 0.29) is 55.9 Å². The Morgan fingerprint density at radius 3 is 2.09 bits per heavy atom. The third kappa shape index (κ3) is 15.9. The number of aromatic hydroxyl groups is 1. The van der Waals surface area contributed by atoms with Crippen molar-refractivity contribution in [1.82, 2.24) is 41.7 Å². The second kappa shape index (κ2) is 29.2. The molecule has 0 spiro atoms. The minimum absolute atomic E-state index is 0.0581. The van der Waals surface area contributed by atoms with Gasteiger partial charge in [-0.2, -0.15) is 0 Å². The number of amides is 7. The zero-order chi connectivity index (χ0) is 58.4. The normalized spacial score (nSPS) is 27.1. The van der Waals surface area contributed by atoms with Gasteiger partial charge in [0.25, 0.3) is 5.91 Å².